The number of ether oxygens (including phenoxy) is 2. The molecule has 0 aromatic heterocycles. The maximum atomic E-state index is 13.0. The van der Waals surface area contributed by atoms with Crippen molar-refractivity contribution in [2.24, 2.45) is 5.92 Å². The van der Waals surface area contributed by atoms with E-state index >= 15 is 0 Å². The molecular formula is C19H28N2O5S. The SMILES string of the molecule is CCN(CC1CCOC1)C(=O)c1ccc(OC)c(S(=O)(=O)N2CCCC2)c1. The van der Waals surface area contributed by atoms with Crippen molar-refractivity contribution >= 4 is 15.9 Å². The summed E-state index contributed by atoms with van der Waals surface area (Å²) in [6, 6.07) is 4.67. The first-order chi connectivity index (χ1) is 13.0. The Morgan fingerprint density at radius 1 is 1.33 bits per heavy atom. The van der Waals surface area contributed by atoms with Gasteiger partial charge in [-0.3, -0.25) is 4.79 Å². The second-order valence-corrected chi connectivity index (χ2v) is 8.96. The summed E-state index contributed by atoms with van der Waals surface area (Å²) in [6.07, 6.45) is 2.65. The minimum atomic E-state index is -3.67. The van der Waals surface area contributed by atoms with Crippen molar-refractivity contribution in [1.82, 2.24) is 9.21 Å². The number of sulfonamides is 1. The first kappa shape index (κ1) is 20.1. The van der Waals surface area contributed by atoms with E-state index in [-0.39, 0.29) is 16.6 Å². The molecule has 1 aromatic carbocycles. The fourth-order valence-corrected chi connectivity index (χ4v) is 5.35. The summed E-state index contributed by atoms with van der Waals surface area (Å²) in [5.41, 5.74) is 0.370. The van der Waals surface area contributed by atoms with Gasteiger partial charge >= 0.3 is 0 Å². The lowest BCUT2D eigenvalue weighted by molar-refractivity contribution is 0.0730. The standard InChI is InChI=1S/C19H28N2O5S/c1-3-20(13-15-8-11-26-14-15)19(22)16-6-7-17(25-2)18(12-16)27(23,24)21-9-4-5-10-21/h6-7,12,15H,3-5,8-11,13-14H2,1-2H3. The normalized spacial score (nSPS) is 20.7. The van der Waals surface area contributed by atoms with Crippen LogP contribution in [0.3, 0.4) is 0 Å². The molecule has 0 radical (unpaired) electrons. The largest absolute Gasteiger partial charge is 0.495 e. The Kier molecular flexibility index (Phi) is 6.39. The van der Waals surface area contributed by atoms with Crippen molar-refractivity contribution in [2.45, 2.75) is 31.1 Å². The number of nitrogens with zero attached hydrogens (tertiary/aromatic N) is 2. The average Bonchev–Trinajstić information content (AvgIpc) is 3.39. The lowest BCUT2D eigenvalue weighted by Gasteiger charge is -2.24. The van der Waals surface area contributed by atoms with Crippen LogP contribution >= 0.6 is 0 Å². The smallest absolute Gasteiger partial charge is 0.253 e. The number of amides is 1. The molecule has 2 heterocycles. The molecule has 1 atom stereocenters. The van der Waals surface area contributed by atoms with Crippen LogP contribution in [0.25, 0.3) is 0 Å². The number of carbonyl (C=O) groups is 1. The molecule has 2 aliphatic heterocycles. The van der Waals surface area contributed by atoms with Crippen LogP contribution in [-0.4, -0.2) is 70.0 Å². The Hall–Kier alpha value is -1.64. The quantitative estimate of drug-likeness (QED) is 0.704. The highest BCUT2D eigenvalue weighted by atomic mass is 32.2. The minimum absolute atomic E-state index is 0.0676. The van der Waals surface area contributed by atoms with Crippen LogP contribution in [0.1, 0.15) is 36.5 Å². The van der Waals surface area contributed by atoms with E-state index in [1.54, 1.807) is 17.0 Å². The van der Waals surface area contributed by atoms with Crippen molar-refractivity contribution in [3.63, 3.8) is 0 Å². The molecule has 0 bridgehead atoms. The third-order valence-electron chi connectivity index (χ3n) is 5.26. The van der Waals surface area contributed by atoms with Gasteiger partial charge in [0.25, 0.3) is 5.91 Å². The lowest BCUT2D eigenvalue weighted by Crippen LogP contribution is -2.35. The van der Waals surface area contributed by atoms with Crippen molar-refractivity contribution in [3.8, 4) is 5.75 Å². The first-order valence-corrected chi connectivity index (χ1v) is 11.0. The molecule has 0 aliphatic carbocycles. The van der Waals surface area contributed by atoms with Crippen molar-refractivity contribution < 1.29 is 22.7 Å². The van der Waals surface area contributed by atoms with Gasteiger partial charge in [-0.1, -0.05) is 0 Å². The molecule has 2 aliphatic rings. The highest BCUT2D eigenvalue weighted by Gasteiger charge is 2.31. The number of rotatable bonds is 7. The van der Waals surface area contributed by atoms with Crippen LogP contribution in [-0.2, 0) is 14.8 Å². The molecule has 8 heteroatoms. The zero-order chi connectivity index (χ0) is 19.4. The highest BCUT2D eigenvalue weighted by Crippen LogP contribution is 2.30. The highest BCUT2D eigenvalue weighted by molar-refractivity contribution is 7.89. The van der Waals surface area contributed by atoms with E-state index < -0.39 is 10.0 Å². The lowest BCUT2D eigenvalue weighted by atomic mass is 10.1. The van der Waals surface area contributed by atoms with E-state index in [0.29, 0.717) is 44.3 Å². The van der Waals surface area contributed by atoms with Gasteiger partial charge in [0.05, 0.1) is 13.7 Å². The van der Waals surface area contributed by atoms with Gasteiger partial charge in [-0.25, -0.2) is 8.42 Å². The fraction of sp³-hybridized carbons (Fsp3) is 0.632. The topological polar surface area (TPSA) is 76.1 Å². The molecule has 0 saturated carbocycles. The predicted octanol–water partition coefficient (Wildman–Crippen LogP) is 1.98. The summed E-state index contributed by atoms with van der Waals surface area (Å²) >= 11 is 0. The van der Waals surface area contributed by atoms with Crippen LogP contribution in [0.4, 0.5) is 0 Å². The van der Waals surface area contributed by atoms with Crippen LogP contribution < -0.4 is 4.74 Å². The molecule has 1 amide bonds. The monoisotopic (exact) mass is 396 g/mol. The second-order valence-electron chi connectivity index (χ2n) is 7.05. The van der Waals surface area contributed by atoms with Gasteiger partial charge < -0.3 is 14.4 Å². The van der Waals surface area contributed by atoms with E-state index in [0.717, 1.165) is 25.9 Å². The molecule has 7 nitrogen and oxygen atoms in total. The molecule has 27 heavy (non-hydrogen) atoms. The molecule has 150 valence electrons. The van der Waals surface area contributed by atoms with Crippen molar-refractivity contribution in [2.75, 3.05) is 46.5 Å². The Bertz CT molecular complexity index is 768. The Labute approximate surface area is 161 Å². The Balaban J connectivity index is 1.88. The fourth-order valence-electron chi connectivity index (χ4n) is 3.66. The van der Waals surface area contributed by atoms with Crippen LogP contribution in [0.5, 0.6) is 5.75 Å². The van der Waals surface area contributed by atoms with E-state index in [4.69, 9.17) is 9.47 Å². The second kappa shape index (κ2) is 8.58. The molecule has 0 N–H and O–H groups in total. The third kappa shape index (κ3) is 4.28. The molecule has 2 fully saturated rings. The van der Waals surface area contributed by atoms with Gasteiger partial charge in [0.1, 0.15) is 10.6 Å². The summed E-state index contributed by atoms with van der Waals surface area (Å²) in [7, 11) is -2.23. The average molecular weight is 397 g/mol. The van der Waals surface area contributed by atoms with Crippen LogP contribution in [0, 0.1) is 5.92 Å². The van der Waals surface area contributed by atoms with Crippen molar-refractivity contribution in [1.29, 1.82) is 0 Å². The molecule has 1 unspecified atom stereocenters. The summed E-state index contributed by atoms with van der Waals surface area (Å²) in [4.78, 5) is 14.8. The van der Waals surface area contributed by atoms with Gasteiger partial charge in [-0.05, 0) is 44.4 Å². The summed E-state index contributed by atoms with van der Waals surface area (Å²) < 4.78 is 38.2. The first-order valence-electron chi connectivity index (χ1n) is 9.52. The molecule has 1 aromatic rings. The molecular weight excluding hydrogens is 368 g/mol. The third-order valence-corrected chi connectivity index (χ3v) is 7.18. The Morgan fingerprint density at radius 2 is 2.07 bits per heavy atom. The number of hydrogen-bond donors (Lipinski definition) is 0. The summed E-state index contributed by atoms with van der Waals surface area (Å²) in [5, 5.41) is 0. The zero-order valence-electron chi connectivity index (χ0n) is 16.0. The van der Waals surface area contributed by atoms with E-state index in [1.165, 1.54) is 17.5 Å². The zero-order valence-corrected chi connectivity index (χ0v) is 16.8. The van der Waals surface area contributed by atoms with Gasteiger partial charge in [0, 0.05) is 44.3 Å². The van der Waals surface area contributed by atoms with Gasteiger partial charge in [-0.15, -0.1) is 0 Å². The molecule has 2 saturated heterocycles. The molecule has 3 rings (SSSR count). The van der Waals surface area contributed by atoms with Crippen LogP contribution in [0.2, 0.25) is 0 Å². The van der Waals surface area contributed by atoms with Gasteiger partial charge in [0.2, 0.25) is 10.0 Å². The maximum Gasteiger partial charge on any atom is 0.253 e. The minimum Gasteiger partial charge on any atom is -0.495 e. The number of carbonyl (C=O) groups excluding carboxylic acids is 1. The predicted molar refractivity (Wildman–Crippen MR) is 101 cm³/mol. The van der Waals surface area contributed by atoms with E-state index in [9.17, 15) is 13.2 Å². The summed E-state index contributed by atoms with van der Waals surface area (Å²) in [5.74, 6) is 0.440. The Morgan fingerprint density at radius 3 is 2.67 bits per heavy atom. The maximum absolute atomic E-state index is 13.0. The summed E-state index contributed by atoms with van der Waals surface area (Å²) in [6.45, 7) is 5.53. The molecule has 0 spiro atoms. The number of benzene rings is 1. The van der Waals surface area contributed by atoms with Crippen molar-refractivity contribution in [3.05, 3.63) is 23.8 Å². The number of hydrogen-bond acceptors (Lipinski definition) is 5. The van der Waals surface area contributed by atoms with Gasteiger partial charge in [-0.2, -0.15) is 4.31 Å². The van der Waals surface area contributed by atoms with Gasteiger partial charge in [0.15, 0.2) is 0 Å². The number of methoxy groups -OCH3 is 1. The van der Waals surface area contributed by atoms with E-state index in [1.807, 2.05) is 6.92 Å². The van der Waals surface area contributed by atoms with E-state index in [2.05, 4.69) is 0 Å². The van der Waals surface area contributed by atoms with Crippen LogP contribution in [0.15, 0.2) is 23.1 Å².